The number of amides is 1. The van der Waals surface area contributed by atoms with E-state index >= 15 is 0 Å². The number of carbonyl (C=O) groups is 1. The number of hydroxylamine groups is 1. The number of carbonyl (C=O) groups excluding carboxylic acids is 1. The molecule has 0 spiro atoms. The van der Waals surface area contributed by atoms with Crippen LogP contribution in [0.5, 0.6) is 0 Å². The topological polar surface area (TPSA) is 38.3 Å². The molecule has 0 aliphatic heterocycles. The average Bonchev–Trinajstić information content (AvgIpc) is 2.43. The number of hydrogen-bond donors (Lipinski definition) is 1. The van der Waals surface area contributed by atoms with Gasteiger partial charge in [-0.2, -0.15) is 0 Å². The standard InChI is InChI=1S/C7H13NO2/c1-5-4-7(5,2)6(9)8-10-3/h5H,4H2,1-3H3,(H,8,9). The molecule has 3 heteroatoms. The van der Waals surface area contributed by atoms with Crippen molar-refractivity contribution >= 4 is 5.91 Å². The van der Waals surface area contributed by atoms with Crippen molar-refractivity contribution in [2.24, 2.45) is 11.3 Å². The van der Waals surface area contributed by atoms with E-state index in [-0.39, 0.29) is 11.3 Å². The smallest absolute Gasteiger partial charge is 0.249 e. The zero-order valence-corrected chi connectivity index (χ0v) is 6.60. The molecule has 3 nitrogen and oxygen atoms in total. The highest BCUT2D eigenvalue weighted by molar-refractivity contribution is 5.84. The fourth-order valence-corrected chi connectivity index (χ4v) is 1.10. The van der Waals surface area contributed by atoms with Crippen LogP contribution in [0.25, 0.3) is 0 Å². The van der Waals surface area contributed by atoms with Crippen molar-refractivity contribution in [3.05, 3.63) is 0 Å². The fourth-order valence-electron chi connectivity index (χ4n) is 1.10. The third kappa shape index (κ3) is 1.01. The lowest BCUT2D eigenvalue weighted by Crippen LogP contribution is -2.30. The lowest BCUT2D eigenvalue weighted by atomic mass is 10.1. The molecule has 0 aromatic carbocycles. The summed E-state index contributed by atoms with van der Waals surface area (Å²) >= 11 is 0. The van der Waals surface area contributed by atoms with Crippen LogP contribution in [0.1, 0.15) is 20.3 Å². The summed E-state index contributed by atoms with van der Waals surface area (Å²) in [5.41, 5.74) is 2.18. The minimum Gasteiger partial charge on any atom is -0.277 e. The normalized spacial score (nSPS) is 37.3. The van der Waals surface area contributed by atoms with Gasteiger partial charge in [0.15, 0.2) is 0 Å². The molecule has 2 atom stereocenters. The van der Waals surface area contributed by atoms with Crippen molar-refractivity contribution in [2.45, 2.75) is 20.3 Å². The Kier molecular flexibility index (Phi) is 1.68. The summed E-state index contributed by atoms with van der Waals surface area (Å²) < 4.78 is 0. The molecule has 10 heavy (non-hydrogen) atoms. The largest absolute Gasteiger partial charge is 0.277 e. The van der Waals surface area contributed by atoms with Crippen LogP contribution in [0.4, 0.5) is 0 Å². The Bertz CT molecular complexity index is 158. The van der Waals surface area contributed by atoms with E-state index in [1.54, 1.807) is 0 Å². The molecule has 1 amide bonds. The van der Waals surface area contributed by atoms with Crippen molar-refractivity contribution in [3.63, 3.8) is 0 Å². The third-order valence-corrected chi connectivity index (χ3v) is 2.37. The molecule has 1 fully saturated rings. The van der Waals surface area contributed by atoms with Gasteiger partial charge in [0.2, 0.25) is 5.91 Å². The zero-order chi connectivity index (χ0) is 7.78. The molecule has 1 saturated carbocycles. The van der Waals surface area contributed by atoms with E-state index in [2.05, 4.69) is 17.2 Å². The van der Waals surface area contributed by atoms with E-state index in [1.807, 2.05) is 6.92 Å². The van der Waals surface area contributed by atoms with Gasteiger partial charge in [-0.05, 0) is 12.3 Å². The quantitative estimate of drug-likeness (QED) is 0.578. The highest BCUT2D eigenvalue weighted by atomic mass is 16.6. The summed E-state index contributed by atoms with van der Waals surface area (Å²) in [5, 5.41) is 0. The van der Waals surface area contributed by atoms with Gasteiger partial charge in [-0.3, -0.25) is 9.63 Å². The van der Waals surface area contributed by atoms with Crippen LogP contribution in [-0.2, 0) is 9.63 Å². The average molecular weight is 143 g/mol. The van der Waals surface area contributed by atoms with E-state index < -0.39 is 0 Å². The Morgan fingerprint density at radius 1 is 1.80 bits per heavy atom. The first-order valence-corrected chi connectivity index (χ1v) is 3.44. The molecule has 0 aromatic heterocycles. The van der Waals surface area contributed by atoms with Crippen molar-refractivity contribution in [1.82, 2.24) is 5.48 Å². The molecule has 1 aliphatic carbocycles. The lowest BCUT2D eigenvalue weighted by molar-refractivity contribution is -0.136. The first-order chi connectivity index (χ1) is 4.61. The van der Waals surface area contributed by atoms with Crippen LogP contribution in [0.2, 0.25) is 0 Å². The van der Waals surface area contributed by atoms with Crippen molar-refractivity contribution in [2.75, 3.05) is 7.11 Å². The van der Waals surface area contributed by atoms with E-state index in [9.17, 15) is 4.79 Å². The van der Waals surface area contributed by atoms with Gasteiger partial charge in [0.1, 0.15) is 0 Å². The SMILES string of the molecule is CONC(=O)C1(C)CC1C. The maximum atomic E-state index is 11.1. The van der Waals surface area contributed by atoms with Crippen molar-refractivity contribution in [3.8, 4) is 0 Å². The Morgan fingerprint density at radius 2 is 2.30 bits per heavy atom. The maximum absolute atomic E-state index is 11.1. The molecule has 2 unspecified atom stereocenters. The van der Waals surface area contributed by atoms with Gasteiger partial charge < -0.3 is 0 Å². The zero-order valence-electron chi connectivity index (χ0n) is 6.60. The van der Waals surface area contributed by atoms with Crippen LogP contribution >= 0.6 is 0 Å². The third-order valence-electron chi connectivity index (χ3n) is 2.37. The second-order valence-corrected chi connectivity index (χ2v) is 3.16. The molecule has 1 rings (SSSR count). The van der Waals surface area contributed by atoms with Gasteiger partial charge in [-0.1, -0.05) is 13.8 Å². The second kappa shape index (κ2) is 2.23. The number of nitrogens with one attached hydrogen (secondary N) is 1. The second-order valence-electron chi connectivity index (χ2n) is 3.16. The molecule has 0 radical (unpaired) electrons. The lowest BCUT2D eigenvalue weighted by Gasteiger charge is -2.07. The number of hydrogen-bond acceptors (Lipinski definition) is 2. The first-order valence-electron chi connectivity index (χ1n) is 3.44. The van der Waals surface area contributed by atoms with E-state index in [1.165, 1.54) is 7.11 Å². The van der Waals surface area contributed by atoms with Gasteiger partial charge in [-0.25, -0.2) is 5.48 Å². The van der Waals surface area contributed by atoms with Crippen LogP contribution in [-0.4, -0.2) is 13.0 Å². The van der Waals surface area contributed by atoms with Crippen molar-refractivity contribution < 1.29 is 9.63 Å². The van der Waals surface area contributed by atoms with Crippen LogP contribution in [0, 0.1) is 11.3 Å². The van der Waals surface area contributed by atoms with Gasteiger partial charge in [0.25, 0.3) is 0 Å². The molecule has 0 saturated heterocycles. The Labute approximate surface area is 60.7 Å². The maximum Gasteiger partial charge on any atom is 0.249 e. The molecule has 0 bridgehead atoms. The number of rotatable bonds is 2. The molecule has 1 aliphatic rings. The van der Waals surface area contributed by atoms with Gasteiger partial charge >= 0.3 is 0 Å². The fraction of sp³-hybridized carbons (Fsp3) is 0.857. The summed E-state index contributed by atoms with van der Waals surface area (Å²) in [5.74, 6) is 0.505. The molecule has 0 aromatic rings. The molecular formula is C7H13NO2. The first kappa shape index (κ1) is 7.54. The Balaban J connectivity index is 2.43. The molecule has 1 N–H and O–H groups in total. The van der Waals surface area contributed by atoms with E-state index in [0.29, 0.717) is 5.92 Å². The summed E-state index contributed by atoms with van der Waals surface area (Å²) in [6, 6.07) is 0. The van der Waals surface area contributed by atoms with Crippen LogP contribution < -0.4 is 5.48 Å². The summed E-state index contributed by atoms with van der Waals surface area (Å²) in [6.45, 7) is 4.02. The van der Waals surface area contributed by atoms with Crippen molar-refractivity contribution in [1.29, 1.82) is 0 Å². The van der Waals surface area contributed by atoms with Gasteiger partial charge in [-0.15, -0.1) is 0 Å². The summed E-state index contributed by atoms with van der Waals surface area (Å²) in [7, 11) is 1.45. The Hall–Kier alpha value is -0.570. The molecule has 0 heterocycles. The van der Waals surface area contributed by atoms with Crippen LogP contribution in [0.15, 0.2) is 0 Å². The highest BCUT2D eigenvalue weighted by Gasteiger charge is 2.53. The molecular weight excluding hydrogens is 130 g/mol. The predicted molar refractivity (Wildman–Crippen MR) is 37.0 cm³/mol. The van der Waals surface area contributed by atoms with Crippen LogP contribution in [0.3, 0.4) is 0 Å². The minimum atomic E-state index is -0.157. The van der Waals surface area contributed by atoms with E-state index in [0.717, 1.165) is 6.42 Å². The predicted octanol–water partition coefficient (Wildman–Crippen LogP) is 0.710. The van der Waals surface area contributed by atoms with Gasteiger partial charge in [0, 0.05) is 0 Å². The Morgan fingerprint density at radius 3 is 2.60 bits per heavy atom. The summed E-state index contributed by atoms with van der Waals surface area (Å²) in [6.07, 6.45) is 0.974. The summed E-state index contributed by atoms with van der Waals surface area (Å²) in [4.78, 5) is 15.6. The minimum absolute atomic E-state index is 0.00231. The monoisotopic (exact) mass is 143 g/mol. The van der Waals surface area contributed by atoms with Gasteiger partial charge in [0.05, 0.1) is 12.5 Å². The highest BCUT2D eigenvalue weighted by Crippen LogP contribution is 2.51. The molecule has 58 valence electrons. The van der Waals surface area contributed by atoms with E-state index in [4.69, 9.17) is 0 Å².